The summed E-state index contributed by atoms with van der Waals surface area (Å²) in [6, 6.07) is -3.05. The normalized spacial score (nSPS) is 13.7. The molecule has 0 unspecified atom stereocenters. The van der Waals surface area contributed by atoms with Crippen LogP contribution in [0.15, 0.2) is 10.1 Å². The van der Waals surface area contributed by atoms with Gasteiger partial charge in [0, 0.05) is 19.7 Å². The molecule has 0 fully saturated rings. The maximum absolute atomic E-state index is 12.5. The Balaban J connectivity index is 4.99. The number of nitrogens with zero attached hydrogens (tertiary/aromatic N) is 2. The van der Waals surface area contributed by atoms with Gasteiger partial charge in [-0.3, -0.25) is 19.4 Å². The number of nitrogens with two attached hydrogens (primary N) is 3. The molecule has 0 bridgehead atoms. The molecule has 0 aromatic carbocycles. The summed E-state index contributed by atoms with van der Waals surface area (Å²) < 4.78 is 0. The lowest BCUT2D eigenvalue weighted by molar-refractivity contribution is -0.131. The van der Waals surface area contributed by atoms with E-state index in [9.17, 15) is 19.2 Å². The van der Waals surface area contributed by atoms with Gasteiger partial charge in [-0.05, 0) is 32.1 Å². The molecule has 31 heavy (non-hydrogen) atoms. The lowest BCUT2D eigenvalue weighted by Crippen LogP contribution is -2.54. The zero-order valence-corrected chi connectivity index (χ0v) is 18.5. The summed E-state index contributed by atoms with van der Waals surface area (Å²) in [5.74, 6) is -1.15. The van der Waals surface area contributed by atoms with Crippen molar-refractivity contribution in [3.05, 3.63) is 0 Å². The molecule has 0 aliphatic heterocycles. The molecule has 0 aliphatic carbocycles. The topological polar surface area (TPSA) is 219 Å². The van der Waals surface area contributed by atoms with Crippen LogP contribution in [0.1, 0.15) is 47.0 Å². The Hall–Kier alpha value is -3.38. The fourth-order valence-corrected chi connectivity index (χ4v) is 2.53. The second-order valence-electron chi connectivity index (χ2n) is 7.43. The second kappa shape index (κ2) is 14.6. The molecule has 0 aromatic heterocycles. The summed E-state index contributed by atoms with van der Waals surface area (Å²) in [6.45, 7) is 7.02. The molecule has 0 saturated carbocycles. The Labute approximate surface area is 182 Å². The van der Waals surface area contributed by atoms with E-state index in [0.717, 1.165) is 0 Å². The summed E-state index contributed by atoms with van der Waals surface area (Å²) in [5, 5.41) is 11.6. The van der Waals surface area contributed by atoms with Crippen LogP contribution in [0.5, 0.6) is 0 Å². The molecule has 5 amide bonds. The van der Waals surface area contributed by atoms with Gasteiger partial charge in [0.05, 0.1) is 6.04 Å². The van der Waals surface area contributed by atoms with Crippen molar-refractivity contribution in [1.29, 1.82) is 0 Å². The minimum absolute atomic E-state index is 0.0453. The van der Waals surface area contributed by atoms with Gasteiger partial charge in [0.1, 0.15) is 12.1 Å². The molecule has 10 N–H and O–H groups in total. The number of hydrogen-bond acceptors (Lipinski definition) is 6. The van der Waals surface area contributed by atoms with Gasteiger partial charge >= 0.3 is 6.03 Å². The molecule has 0 aliphatic rings. The van der Waals surface area contributed by atoms with Crippen molar-refractivity contribution in [3.8, 4) is 0 Å². The van der Waals surface area contributed by atoms with E-state index >= 15 is 0 Å². The Morgan fingerprint density at radius 1 is 0.968 bits per heavy atom. The maximum Gasteiger partial charge on any atom is 0.332 e. The number of carbonyl (C=O) groups is 4. The van der Waals surface area contributed by atoms with Crippen LogP contribution < -0.4 is 38.6 Å². The van der Waals surface area contributed by atoms with Gasteiger partial charge in [0.15, 0.2) is 5.96 Å². The molecule has 0 aromatic rings. The van der Waals surface area contributed by atoms with Crippen molar-refractivity contribution in [2.24, 2.45) is 33.2 Å². The molecule has 0 rings (SSSR count). The van der Waals surface area contributed by atoms with E-state index in [1.807, 2.05) is 13.8 Å². The fourth-order valence-electron chi connectivity index (χ4n) is 2.53. The van der Waals surface area contributed by atoms with Crippen LogP contribution in [-0.4, -0.2) is 60.6 Å². The molecule has 13 nitrogen and oxygen atoms in total. The average molecular weight is 443 g/mol. The van der Waals surface area contributed by atoms with Gasteiger partial charge in [-0.1, -0.05) is 13.8 Å². The molecule has 13 heteroatoms. The van der Waals surface area contributed by atoms with Gasteiger partial charge in [0.25, 0.3) is 0 Å². The highest BCUT2D eigenvalue weighted by Gasteiger charge is 2.25. The van der Waals surface area contributed by atoms with Crippen LogP contribution in [-0.2, 0) is 14.4 Å². The first-order chi connectivity index (χ1) is 14.4. The number of aliphatic imine (C=N–C) groups is 1. The number of urea groups is 1. The second-order valence-corrected chi connectivity index (χ2v) is 7.43. The number of primary amides is 1. The quantitative estimate of drug-likeness (QED) is 0.0575. The van der Waals surface area contributed by atoms with Crippen molar-refractivity contribution in [1.82, 2.24) is 21.4 Å². The van der Waals surface area contributed by atoms with Crippen molar-refractivity contribution >= 4 is 35.9 Å². The first-order valence-corrected chi connectivity index (χ1v) is 9.94. The van der Waals surface area contributed by atoms with Crippen LogP contribution in [0, 0.1) is 5.92 Å². The SMILES string of the molecule is CC(=O)N[C@@H](CC(C)C)C(=O)N[C@@H](C)C(=O)N[C@@H](CCCN=C(N)N)/[13CH]=N/NC(N)=O. The monoisotopic (exact) mass is 442 g/mol. The van der Waals surface area contributed by atoms with E-state index in [-0.39, 0.29) is 17.8 Å². The summed E-state index contributed by atoms with van der Waals surface area (Å²) >= 11 is 0. The minimum Gasteiger partial charge on any atom is -0.370 e. The third kappa shape index (κ3) is 14.3. The Morgan fingerprint density at radius 3 is 2.13 bits per heavy atom. The number of amides is 5. The number of nitrogens with one attached hydrogen (secondary N) is 4. The lowest BCUT2D eigenvalue weighted by Gasteiger charge is -2.23. The van der Waals surface area contributed by atoms with Crippen molar-refractivity contribution in [3.63, 3.8) is 0 Å². The van der Waals surface area contributed by atoms with E-state index in [1.165, 1.54) is 20.1 Å². The van der Waals surface area contributed by atoms with E-state index in [2.05, 4.69) is 31.5 Å². The zero-order valence-electron chi connectivity index (χ0n) is 18.5. The van der Waals surface area contributed by atoms with Crippen LogP contribution >= 0.6 is 0 Å². The fraction of sp³-hybridized carbons (Fsp3) is 0.667. The van der Waals surface area contributed by atoms with Gasteiger partial charge < -0.3 is 33.2 Å². The number of hydrazone groups is 1. The molecule has 3 atom stereocenters. The summed E-state index contributed by atoms with van der Waals surface area (Å²) in [4.78, 5) is 51.0. The highest BCUT2D eigenvalue weighted by atomic mass is 16.2. The van der Waals surface area contributed by atoms with Gasteiger partial charge in [-0.2, -0.15) is 5.10 Å². The Bertz CT molecular complexity index is 675. The molecule has 0 radical (unpaired) electrons. The highest BCUT2D eigenvalue weighted by molar-refractivity contribution is 5.92. The van der Waals surface area contributed by atoms with Crippen molar-refractivity contribution in [2.75, 3.05) is 6.54 Å². The zero-order chi connectivity index (χ0) is 24.0. The van der Waals surface area contributed by atoms with Crippen molar-refractivity contribution in [2.45, 2.75) is 65.1 Å². The molecule has 0 heterocycles. The number of rotatable bonds is 13. The number of carbonyl (C=O) groups excluding carboxylic acids is 4. The highest BCUT2D eigenvalue weighted by Crippen LogP contribution is 2.05. The van der Waals surface area contributed by atoms with E-state index < -0.39 is 36.0 Å². The van der Waals surface area contributed by atoms with E-state index in [4.69, 9.17) is 17.2 Å². The smallest absolute Gasteiger partial charge is 0.332 e. The molecular weight excluding hydrogens is 407 g/mol. The molecule has 0 spiro atoms. The largest absolute Gasteiger partial charge is 0.370 e. The first-order valence-electron chi connectivity index (χ1n) is 9.94. The predicted octanol–water partition coefficient (Wildman–Crippen LogP) is -1.77. The minimum atomic E-state index is -0.881. The number of hydrogen-bond donors (Lipinski definition) is 7. The maximum atomic E-state index is 12.5. The Morgan fingerprint density at radius 2 is 1.61 bits per heavy atom. The van der Waals surface area contributed by atoms with Crippen LogP contribution in [0.2, 0.25) is 0 Å². The predicted molar refractivity (Wildman–Crippen MR) is 118 cm³/mol. The van der Waals surface area contributed by atoms with Crippen molar-refractivity contribution < 1.29 is 19.2 Å². The Kier molecular flexibility index (Phi) is 13.0. The van der Waals surface area contributed by atoms with E-state index in [0.29, 0.717) is 25.8 Å². The number of guanidine groups is 1. The van der Waals surface area contributed by atoms with E-state index in [1.54, 1.807) is 0 Å². The van der Waals surface area contributed by atoms with Gasteiger partial charge in [-0.15, -0.1) is 0 Å². The first kappa shape index (κ1) is 27.6. The molecular formula is C18H35N9O4. The summed E-state index contributed by atoms with van der Waals surface area (Å²) in [5.41, 5.74) is 17.6. The summed E-state index contributed by atoms with van der Waals surface area (Å²) in [6.07, 6.45) is 2.67. The lowest BCUT2D eigenvalue weighted by atomic mass is 10.0. The van der Waals surface area contributed by atoms with Gasteiger partial charge in [0.2, 0.25) is 17.7 Å². The third-order valence-corrected chi connectivity index (χ3v) is 3.88. The third-order valence-electron chi connectivity index (χ3n) is 3.88. The average Bonchev–Trinajstić information content (AvgIpc) is 2.62. The van der Waals surface area contributed by atoms with Gasteiger partial charge in [-0.25, -0.2) is 10.2 Å². The van der Waals surface area contributed by atoms with Crippen LogP contribution in [0.25, 0.3) is 0 Å². The van der Waals surface area contributed by atoms with Crippen LogP contribution in [0.3, 0.4) is 0 Å². The molecule has 176 valence electrons. The van der Waals surface area contributed by atoms with Crippen LogP contribution in [0.4, 0.5) is 4.79 Å². The summed E-state index contributed by atoms with van der Waals surface area (Å²) in [7, 11) is 0. The molecule has 0 saturated heterocycles. The standard InChI is InChI=1S/C18H35N9O4/c1-10(2)8-14(25-12(4)28)16(30)24-11(3)15(29)26-13(9-23-27-18(21)31)6-5-7-22-17(19)20/h9-11,13-14H,5-8H2,1-4H3,(H,24,30)(H,25,28)(H,26,29)(H4,19,20,22)(H3,21,27,31)/b23-9+/t11-,13-,14-/m0/s1/i9+1.